The number of hydrogen-bond acceptors (Lipinski definition) is 4. The molecule has 0 fully saturated rings. The van der Waals surface area contributed by atoms with E-state index in [0.717, 1.165) is 38.2 Å². The molecular weight excluding hydrogens is 421 g/mol. The van der Waals surface area contributed by atoms with E-state index in [2.05, 4.69) is 15.6 Å². The molecule has 0 rings (SSSR count). The molecule has 0 aliphatic heterocycles. The lowest BCUT2D eigenvalue weighted by Gasteiger charge is -2.19. The molecule has 144 valence electrons. The average molecular weight is 457 g/mol. The van der Waals surface area contributed by atoms with E-state index in [1.165, 1.54) is 0 Å². The summed E-state index contributed by atoms with van der Waals surface area (Å²) in [5.74, 6) is 0.690. The fourth-order valence-electron chi connectivity index (χ4n) is 2.07. The Kier molecular flexibility index (Phi) is 15.8. The molecule has 0 saturated heterocycles. The molecular formula is C17H36IN3O3. The molecule has 0 aromatic heterocycles. The van der Waals surface area contributed by atoms with Gasteiger partial charge in [-0.15, -0.1) is 24.0 Å². The SMILES string of the molecule is CN=C(NCCCCCCC(=O)OC(C)(C)C)NC(C)COC.I. The summed E-state index contributed by atoms with van der Waals surface area (Å²) in [6, 6.07) is 0.222. The predicted octanol–water partition coefficient (Wildman–Crippen LogP) is 3.10. The second kappa shape index (κ2) is 14.7. The standard InChI is InChI=1S/C17H35N3O3.HI/c1-14(13-22-6)20-16(18-5)19-12-10-8-7-9-11-15(21)23-17(2,3)4;/h14H,7-13H2,1-6H3,(H2,18,19,20);1H. The number of hydrogen-bond donors (Lipinski definition) is 2. The molecule has 0 aromatic carbocycles. The van der Waals surface area contributed by atoms with Crippen LogP contribution in [0, 0.1) is 0 Å². The maximum absolute atomic E-state index is 11.6. The van der Waals surface area contributed by atoms with Crippen molar-refractivity contribution in [1.29, 1.82) is 0 Å². The maximum Gasteiger partial charge on any atom is 0.306 e. The molecule has 0 aliphatic carbocycles. The zero-order chi connectivity index (χ0) is 17.7. The number of aliphatic imine (C=N–C) groups is 1. The highest BCUT2D eigenvalue weighted by molar-refractivity contribution is 14.0. The van der Waals surface area contributed by atoms with E-state index in [1.807, 2.05) is 27.7 Å². The molecule has 0 bridgehead atoms. The van der Waals surface area contributed by atoms with E-state index in [0.29, 0.717) is 13.0 Å². The first-order valence-corrected chi connectivity index (χ1v) is 8.46. The van der Waals surface area contributed by atoms with Gasteiger partial charge in [-0.3, -0.25) is 9.79 Å². The lowest BCUT2D eigenvalue weighted by Crippen LogP contribution is -2.44. The number of ether oxygens (including phenoxy) is 2. The van der Waals surface area contributed by atoms with Gasteiger partial charge in [0.05, 0.1) is 6.61 Å². The quantitative estimate of drug-likeness (QED) is 0.174. The van der Waals surface area contributed by atoms with Gasteiger partial charge in [0.2, 0.25) is 0 Å². The van der Waals surface area contributed by atoms with E-state index in [9.17, 15) is 4.79 Å². The van der Waals surface area contributed by atoms with Gasteiger partial charge >= 0.3 is 5.97 Å². The first-order valence-electron chi connectivity index (χ1n) is 8.46. The van der Waals surface area contributed by atoms with Crippen LogP contribution in [-0.4, -0.2) is 50.9 Å². The molecule has 7 heteroatoms. The number of esters is 1. The van der Waals surface area contributed by atoms with E-state index < -0.39 is 0 Å². The van der Waals surface area contributed by atoms with E-state index >= 15 is 0 Å². The highest BCUT2D eigenvalue weighted by Crippen LogP contribution is 2.10. The van der Waals surface area contributed by atoms with E-state index in [1.54, 1.807) is 14.2 Å². The van der Waals surface area contributed by atoms with Gasteiger partial charge in [-0.2, -0.15) is 0 Å². The van der Waals surface area contributed by atoms with Crippen molar-refractivity contribution in [2.75, 3.05) is 27.3 Å². The third kappa shape index (κ3) is 16.3. The summed E-state index contributed by atoms with van der Waals surface area (Å²) in [5, 5.41) is 6.54. The summed E-state index contributed by atoms with van der Waals surface area (Å²) in [6.07, 6.45) is 4.55. The zero-order valence-electron chi connectivity index (χ0n) is 16.1. The Balaban J connectivity index is 0. The van der Waals surface area contributed by atoms with Crippen molar-refractivity contribution >= 4 is 35.9 Å². The highest BCUT2D eigenvalue weighted by Gasteiger charge is 2.15. The Morgan fingerprint density at radius 2 is 1.79 bits per heavy atom. The van der Waals surface area contributed by atoms with Crippen molar-refractivity contribution in [2.45, 2.75) is 71.4 Å². The van der Waals surface area contributed by atoms with Gasteiger partial charge in [-0.25, -0.2) is 0 Å². The van der Waals surface area contributed by atoms with Crippen LogP contribution < -0.4 is 10.6 Å². The molecule has 0 radical (unpaired) electrons. The van der Waals surface area contributed by atoms with E-state index in [4.69, 9.17) is 9.47 Å². The molecule has 1 unspecified atom stereocenters. The minimum absolute atomic E-state index is 0. The highest BCUT2D eigenvalue weighted by atomic mass is 127. The fourth-order valence-corrected chi connectivity index (χ4v) is 2.07. The van der Waals surface area contributed by atoms with Crippen LogP contribution >= 0.6 is 24.0 Å². The van der Waals surface area contributed by atoms with Crippen LogP contribution in [0.1, 0.15) is 59.8 Å². The third-order valence-electron chi connectivity index (χ3n) is 3.04. The maximum atomic E-state index is 11.6. The van der Waals surface area contributed by atoms with Crippen molar-refractivity contribution in [3.8, 4) is 0 Å². The first-order chi connectivity index (χ1) is 10.8. The Bertz CT molecular complexity index is 357. The van der Waals surface area contributed by atoms with Crippen molar-refractivity contribution < 1.29 is 14.3 Å². The number of nitrogens with zero attached hydrogens (tertiary/aromatic N) is 1. The number of rotatable bonds is 10. The van der Waals surface area contributed by atoms with Crippen LogP contribution in [0.15, 0.2) is 4.99 Å². The Hall–Kier alpha value is -0.570. The lowest BCUT2D eigenvalue weighted by molar-refractivity contribution is -0.154. The first kappa shape index (κ1) is 25.7. The van der Waals surface area contributed by atoms with Gasteiger partial charge in [-0.1, -0.05) is 12.8 Å². The van der Waals surface area contributed by atoms with E-state index in [-0.39, 0.29) is 41.6 Å². The smallest absolute Gasteiger partial charge is 0.306 e. The Morgan fingerprint density at radius 1 is 1.17 bits per heavy atom. The van der Waals surface area contributed by atoms with Crippen molar-refractivity contribution in [2.24, 2.45) is 4.99 Å². The molecule has 0 saturated carbocycles. The Morgan fingerprint density at radius 3 is 2.33 bits per heavy atom. The van der Waals surface area contributed by atoms with Crippen LogP contribution in [-0.2, 0) is 14.3 Å². The number of halogens is 1. The summed E-state index contributed by atoms with van der Waals surface area (Å²) in [4.78, 5) is 15.7. The Labute approximate surface area is 164 Å². The minimum Gasteiger partial charge on any atom is -0.460 e. The number of guanidine groups is 1. The second-order valence-corrected chi connectivity index (χ2v) is 6.75. The summed E-state index contributed by atoms with van der Waals surface area (Å²) in [6.45, 7) is 9.24. The van der Waals surface area contributed by atoms with Crippen LogP contribution in [0.3, 0.4) is 0 Å². The van der Waals surface area contributed by atoms with Gasteiger partial charge in [0.1, 0.15) is 5.60 Å². The summed E-state index contributed by atoms with van der Waals surface area (Å²) in [5.41, 5.74) is -0.385. The molecule has 6 nitrogen and oxygen atoms in total. The third-order valence-corrected chi connectivity index (χ3v) is 3.04. The summed E-state index contributed by atoms with van der Waals surface area (Å²) >= 11 is 0. The van der Waals surface area contributed by atoms with Gasteiger partial charge in [-0.05, 0) is 40.5 Å². The molecule has 0 amide bonds. The van der Waals surface area contributed by atoms with Gasteiger partial charge in [0.15, 0.2) is 5.96 Å². The van der Waals surface area contributed by atoms with Gasteiger partial charge in [0.25, 0.3) is 0 Å². The lowest BCUT2D eigenvalue weighted by atomic mass is 10.1. The number of carbonyl (C=O) groups excluding carboxylic acids is 1. The van der Waals surface area contributed by atoms with Crippen LogP contribution in [0.25, 0.3) is 0 Å². The summed E-state index contributed by atoms with van der Waals surface area (Å²) in [7, 11) is 3.45. The molecule has 1 atom stereocenters. The molecule has 2 N–H and O–H groups in total. The van der Waals surface area contributed by atoms with Gasteiger partial charge in [0, 0.05) is 33.2 Å². The number of unbranched alkanes of at least 4 members (excludes halogenated alkanes) is 3. The molecule has 0 aromatic rings. The largest absolute Gasteiger partial charge is 0.460 e. The van der Waals surface area contributed by atoms with Crippen LogP contribution in [0.4, 0.5) is 0 Å². The van der Waals surface area contributed by atoms with Crippen LogP contribution in [0.2, 0.25) is 0 Å². The van der Waals surface area contributed by atoms with Crippen molar-refractivity contribution in [3.05, 3.63) is 0 Å². The molecule has 0 heterocycles. The average Bonchev–Trinajstić information content (AvgIpc) is 2.43. The predicted molar refractivity (Wildman–Crippen MR) is 110 cm³/mol. The minimum atomic E-state index is -0.385. The summed E-state index contributed by atoms with van der Waals surface area (Å²) < 4.78 is 10.4. The zero-order valence-corrected chi connectivity index (χ0v) is 18.4. The van der Waals surface area contributed by atoms with Gasteiger partial charge < -0.3 is 20.1 Å². The molecule has 0 spiro atoms. The number of methoxy groups -OCH3 is 1. The fraction of sp³-hybridized carbons (Fsp3) is 0.882. The van der Waals surface area contributed by atoms with Crippen molar-refractivity contribution in [1.82, 2.24) is 10.6 Å². The number of carbonyl (C=O) groups is 1. The topological polar surface area (TPSA) is 72.0 Å². The van der Waals surface area contributed by atoms with Crippen LogP contribution in [0.5, 0.6) is 0 Å². The molecule has 0 aliphatic rings. The number of nitrogens with one attached hydrogen (secondary N) is 2. The molecule has 24 heavy (non-hydrogen) atoms. The normalized spacial score (nSPS) is 13.0. The second-order valence-electron chi connectivity index (χ2n) is 6.75. The van der Waals surface area contributed by atoms with Crippen molar-refractivity contribution in [3.63, 3.8) is 0 Å². The monoisotopic (exact) mass is 457 g/mol.